The van der Waals surface area contributed by atoms with Gasteiger partial charge < -0.3 is 0 Å². The maximum atomic E-state index is 2.41. The molecule has 0 nitrogen and oxygen atoms in total. The van der Waals surface area contributed by atoms with Gasteiger partial charge in [0, 0.05) is 3.57 Å². The van der Waals surface area contributed by atoms with Crippen molar-refractivity contribution in [3.63, 3.8) is 0 Å². The Balaban J connectivity index is 2.61. The molecule has 0 radical (unpaired) electrons. The number of hydrogen-bond donors (Lipinski definition) is 0. The van der Waals surface area contributed by atoms with Crippen LogP contribution in [0.4, 0.5) is 0 Å². The molecule has 78 valence electrons. The molecule has 0 heterocycles. The molecule has 0 spiro atoms. The van der Waals surface area contributed by atoms with E-state index in [0.717, 1.165) is 0 Å². The van der Waals surface area contributed by atoms with Crippen LogP contribution < -0.4 is 0 Å². The zero-order valence-electron chi connectivity index (χ0n) is 9.00. The van der Waals surface area contributed by atoms with Crippen LogP contribution in [0.25, 0.3) is 21.5 Å². The molecule has 0 N–H and O–H groups in total. The van der Waals surface area contributed by atoms with E-state index in [1.807, 2.05) is 0 Å². The van der Waals surface area contributed by atoms with Gasteiger partial charge in [0.2, 0.25) is 0 Å². The minimum absolute atomic E-state index is 1.32. The van der Waals surface area contributed by atoms with Crippen LogP contribution in [0.1, 0.15) is 5.56 Å². The Labute approximate surface area is 108 Å². The molecule has 0 aliphatic heterocycles. The predicted octanol–water partition coefficient (Wildman–Crippen LogP) is 4.91. The summed E-state index contributed by atoms with van der Waals surface area (Å²) in [6.45, 7) is 2.21. The summed E-state index contributed by atoms with van der Waals surface area (Å²) < 4.78 is 1.32. The normalized spacial score (nSPS) is 11.1. The highest BCUT2D eigenvalue weighted by atomic mass is 127. The number of rotatable bonds is 0. The van der Waals surface area contributed by atoms with E-state index in [2.05, 4.69) is 78.0 Å². The van der Waals surface area contributed by atoms with Crippen LogP contribution in [0.3, 0.4) is 0 Å². The lowest BCUT2D eigenvalue weighted by Crippen LogP contribution is -1.84. The molecule has 3 aromatic carbocycles. The van der Waals surface area contributed by atoms with Crippen LogP contribution in [0.2, 0.25) is 0 Å². The van der Waals surface area contributed by atoms with E-state index in [0.29, 0.717) is 0 Å². The first-order chi connectivity index (χ1) is 7.77. The molecule has 0 saturated heterocycles. The van der Waals surface area contributed by atoms with Gasteiger partial charge in [-0.15, -0.1) is 0 Å². The van der Waals surface area contributed by atoms with Gasteiger partial charge in [-0.1, -0.05) is 36.4 Å². The third-order valence-electron chi connectivity index (χ3n) is 3.12. The van der Waals surface area contributed by atoms with Crippen molar-refractivity contribution in [3.05, 3.63) is 57.7 Å². The Hall–Kier alpha value is -1.09. The van der Waals surface area contributed by atoms with Crippen LogP contribution in [0, 0.1) is 10.5 Å². The lowest BCUT2D eigenvalue weighted by Gasteiger charge is -2.08. The van der Waals surface area contributed by atoms with Gasteiger partial charge in [0.05, 0.1) is 0 Å². The predicted molar refractivity (Wildman–Crippen MR) is 78.9 cm³/mol. The standard InChI is InChI=1S/C15H11I/c1-10-12-6-3-2-5-11(12)9-14-13(10)7-4-8-15(14)16/h2-9H,1H3. The molecule has 3 rings (SSSR count). The Morgan fingerprint density at radius 1 is 0.812 bits per heavy atom. The number of aryl methyl sites for hydroxylation is 1. The summed E-state index contributed by atoms with van der Waals surface area (Å²) in [7, 11) is 0. The molecule has 0 aliphatic rings. The van der Waals surface area contributed by atoms with Crippen molar-refractivity contribution >= 4 is 44.1 Å². The highest BCUT2D eigenvalue weighted by Gasteiger charge is 2.04. The fourth-order valence-corrected chi connectivity index (χ4v) is 2.93. The van der Waals surface area contributed by atoms with E-state index in [9.17, 15) is 0 Å². The number of halogens is 1. The summed E-state index contributed by atoms with van der Waals surface area (Å²) in [5.74, 6) is 0. The molecule has 0 aliphatic carbocycles. The second-order valence-electron chi connectivity index (χ2n) is 4.06. The van der Waals surface area contributed by atoms with Crippen molar-refractivity contribution in [2.45, 2.75) is 6.92 Å². The molecule has 1 heteroatoms. The van der Waals surface area contributed by atoms with Gasteiger partial charge in [0.1, 0.15) is 0 Å². The van der Waals surface area contributed by atoms with E-state index in [1.165, 1.54) is 30.7 Å². The van der Waals surface area contributed by atoms with Crippen molar-refractivity contribution in [1.82, 2.24) is 0 Å². The van der Waals surface area contributed by atoms with Crippen molar-refractivity contribution in [2.75, 3.05) is 0 Å². The quantitative estimate of drug-likeness (QED) is 0.408. The fourth-order valence-electron chi connectivity index (χ4n) is 2.28. The van der Waals surface area contributed by atoms with E-state index < -0.39 is 0 Å². The Morgan fingerprint density at radius 2 is 1.56 bits per heavy atom. The smallest absolute Gasteiger partial charge is 0.0209 e. The van der Waals surface area contributed by atoms with Gasteiger partial charge in [0.15, 0.2) is 0 Å². The molecular formula is C15H11I. The Kier molecular flexibility index (Phi) is 2.36. The lowest BCUT2D eigenvalue weighted by molar-refractivity contribution is 1.57. The monoisotopic (exact) mass is 318 g/mol. The molecule has 0 bridgehead atoms. The van der Waals surface area contributed by atoms with Crippen LogP contribution in [0.5, 0.6) is 0 Å². The highest BCUT2D eigenvalue weighted by Crippen LogP contribution is 2.30. The Morgan fingerprint density at radius 3 is 2.44 bits per heavy atom. The van der Waals surface area contributed by atoms with Gasteiger partial charge in [0.25, 0.3) is 0 Å². The van der Waals surface area contributed by atoms with Crippen molar-refractivity contribution < 1.29 is 0 Å². The first-order valence-electron chi connectivity index (χ1n) is 5.34. The SMILES string of the molecule is Cc1c2ccccc2cc2c(I)cccc12. The summed E-state index contributed by atoms with van der Waals surface area (Å²) in [5.41, 5.74) is 1.38. The van der Waals surface area contributed by atoms with Crippen LogP contribution in [-0.2, 0) is 0 Å². The number of fused-ring (bicyclic) bond motifs is 2. The summed E-state index contributed by atoms with van der Waals surface area (Å²) >= 11 is 2.41. The van der Waals surface area contributed by atoms with Gasteiger partial charge in [-0.2, -0.15) is 0 Å². The summed E-state index contributed by atoms with van der Waals surface area (Å²) in [5, 5.41) is 5.42. The molecule has 0 unspecified atom stereocenters. The van der Waals surface area contributed by atoms with E-state index >= 15 is 0 Å². The van der Waals surface area contributed by atoms with Crippen molar-refractivity contribution in [2.24, 2.45) is 0 Å². The average molecular weight is 318 g/mol. The maximum absolute atomic E-state index is 2.41. The van der Waals surface area contributed by atoms with Crippen molar-refractivity contribution in [1.29, 1.82) is 0 Å². The zero-order chi connectivity index (χ0) is 11.1. The van der Waals surface area contributed by atoms with E-state index in [1.54, 1.807) is 0 Å². The summed E-state index contributed by atoms with van der Waals surface area (Å²) in [6, 6.07) is 17.4. The van der Waals surface area contributed by atoms with Crippen LogP contribution >= 0.6 is 22.6 Å². The Bertz CT molecular complexity index is 683. The number of benzene rings is 3. The molecule has 0 fully saturated rings. The molecule has 16 heavy (non-hydrogen) atoms. The molecule has 0 atom stereocenters. The second-order valence-corrected chi connectivity index (χ2v) is 5.22. The first-order valence-corrected chi connectivity index (χ1v) is 6.42. The number of hydrogen-bond acceptors (Lipinski definition) is 0. The van der Waals surface area contributed by atoms with E-state index in [4.69, 9.17) is 0 Å². The van der Waals surface area contributed by atoms with Gasteiger partial charge >= 0.3 is 0 Å². The summed E-state index contributed by atoms with van der Waals surface area (Å²) in [6.07, 6.45) is 0. The highest BCUT2D eigenvalue weighted by molar-refractivity contribution is 14.1. The van der Waals surface area contributed by atoms with Crippen LogP contribution in [0.15, 0.2) is 48.5 Å². The minimum atomic E-state index is 1.32. The van der Waals surface area contributed by atoms with Crippen LogP contribution in [-0.4, -0.2) is 0 Å². The topological polar surface area (TPSA) is 0 Å². The summed E-state index contributed by atoms with van der Waals surface area (Å²) in [4.78, 5) is 0. The van der Waals surface area contributed by atoms with Gasteiger partial charge in [-0.05, 0) is 68.8 Å². The third-order valence-corrected chi connectivity index (χ3v) is 4.06. The molecule has 0 saturated carbocycles. The maximum Gasteiger partial charge on any atom is 0.0209 e. The lowest BCUT2D eigenvalue weighted by atomic mass is 9.98. The largest absolute Gasteiger partial charge is 0.0616 e. The molecule has 0 amide bonds. The van der Waals surface area contributed by atoms with E-state index in [-0.39, 0.29) is 0 Å². The van der Waals surface area contributed by atoms with Gasteiger partial charge in [-0.3, -0.25) is 0 Å². The molecule has 3 aromatic rings. The van der Waals surface area contributed by atoms with Crippen molar-refractivity contribution in [3.8, 4) is 0 Å². The molecule has 0 aromatic heterocycles. The van der Waals surface area contributed by atoms with Gasteiger partial charge in [-0.25, -0.2) is 0 Å². The first kappa shape index (κ1) is 10.1. The minimum Gasteiger partial charge on any atom is -0.0616 e. The fraction of sp³-hybridized carbons (Fsp3) is 0.0667. The third kappa shape index (κ3) is 1.42. The second kappa shape index (κ2) is 3.74. The molecular weight excluding hydrogens is 307 g/mol. The zero-order valence-corrected chi connectivity index (χ0v) is 11.2. The average Bonchev–Trinajstić information content (AvgIpc) is 2.31.